The molecule has 0 saturated heterocycles. The van der Waals surface area contributed by atoms with E-state index < -0.39 is 0 Å². The third kappa shape index (κ3) is 3.69. The van der Waals surface area contributed by atoms with Crippen LogP contribution in [0.2, 0.25) is 5.02 Å². The van der Waals surface area contributed by atoms with Crippen molar-refractivity contribution in [3.8, 4) is 0 Å². The molecule has 0 radical (unpaired) electrons. The van der Waals surface area contributed by atoms with Crippen LogP contribution in [0, 0.1) is 11.2 Å². The molecular weight excluding hydrogens is 399 g/mol. The van der Waals surface area contributed by atoms with Gasteiger partial charge in [-0.1, -0.05) is 11.6 Å². The van der Waals surface area contributed by atoms with Crippen LogP contribution in [0.4, 0.5) is 4.39 Å². The van der Waals surface area contributed by atoms with Crippen LogP contribution < -0.4 is 5.32 Å². The molecule has 3 nitrogen and oxygen atoms in total. The molecule has 2 aliphatic carbocycles. The number of benzene rings is 2. The summed E-state index contributed by atoms with van der Waals surface area (Å²) in [5.41, 5.74) is 3.09. The largest absolute Gasteiger partial charge is 0.349 e. The van der Waals surface area contributed by atoms with E-state index in [-0.39, 0.29) is 17.8 Å². The molecule has 2 aromatic carbocycles. The van der Waals surface area contributed by atoms with Gasteiger partial charge in [0.2, 0.25) is 0 Å². The van der Waals surface area contributed by atoms with Crippen LogP contribution in [0.15, 0.2) is 54.7 Å². The summed E-state index contributed by atoms with van der Waals surface area (Å²) in [4.78, 5) is 16.8. The summed E-state index contributed by atoms with van der Waals surface area (Å²) in [6.07, 6.45) is 8.45. The molecule has 154 valence electrons. The van der Waals surface area contributed by atoms with Gasteiger partial charge in [0.1, 0.15) is 5.82 Å². The lowest BCUT2D eigenvalue weighted by molar-refractivity contribution is 0.0311. The van der Waals surface area contributed by atoms with Crippen molar-refractivity contribution in [2.75, 3.05) is 0 Å². The lowest BCUT2D eigenvalue weighted by Gasteiger charge is -2.52. The van der Waals surface area contributed by atoms with Gasteiger partial charge in [0, 0.05) is 28.2 Å². The molecule has 1 N–H and O–H groups in total. The molecule has 0 atom stereocenters. The number of amides is 1. The van der Waals surface area contributed by atoms with Gasteiger partial charge in [-0.3, -0.25) is 9.78 Å². The Morgan fingerprint density at radius 2 is 1.80 bits per heavy atom. The van der Waals surface area contributed by atoms with Gasteiger partial charge in [-0.25, -0.2) is 4.39 Å². The SMILES string of the molecule is O=C(N[C@H]1CC2(CC[C@H](c3ccnc4ccc(F)cc43)CC2)C1)c1ccc(Cl)cc1. The quantitative estimate of drug-likeness (QED) is 0.541. The molecule has 2 saturated carbocycles. The molecule has 1 heterocycles. The average molecular weight is 423 g/mol. The average Bonchev–Trinajstić information content (AvgIpc) is 2.73. The second kappa shape index (κ2) is 7.66. The van der Waals surface area contributed by atoms with Gasteiger partial charge in [0.05, 0.1) is 5.52 Å². The second-order valence-electron chi connectivity index (χ2n) is 8.92. The summed E-state index contributed by atoms with van der Waals surface area (Å²) in [7, 11) is 0. The first-order chi connectivity index (χ1) is 14.5. The fourth-order valence-corrected chi connectivity index (χ4v) is 5.53. The third-order valence-electron chi connectivity index (χ3n) is 7.02. The van der Waals surface area contributed by atoms with Crippen molar-refractivity contribution >= 4 is 28.4 Å². The number of aromatic nitrogens is 1. The monoisotopic (exact) mass is 422 g/mol. The highest BCUT2D eigenvalue weighted by molar-refractivity contribution is 6.30. The molecular formula is C25H24ClFN2O. The van der Waals surface area contributed by atoms with Crippen LogP contribution in [0.3, 0.4) is 0 Å². The van der Waals surface area contributed by atoms with E-state index in [1.54, 1.807) is 36.4 Å². The minimum Gasteiger partial charge on any atom is -0.349 e. The van der Waals surface area contributed by atoms with Crippen molar-refractivity contribution in [2.45, 2.75) is 50.5 Å². The molecule has 2 aliphatic rings. The smallest absolute Gasteiger partial charge is 0.251 e. The molecule has 0 bridgehead atoms. The van der Waals surface area contributed by atoms with Gasteiger partial charge in [-0.05, 0) is 104 Å². The van der Waals surface area contributed by atoms with E-state index in [0.29, 0.717) is 21.9 Å². The van der Waals surface area contributed by atoms with Crippen LogP contribution in [0.25, 0.3) is 10.9 Å². The molecule has 5 heteroatoms. The first kappa shape index (κ1) is 19.5. The molecule has 0 unspecified atom stereocenters. The Labute approximate surface area is 180 Å². The van der Waals surface area contributed by atoms with Crippen LogP contribution in [-0.4, -0.2) is 16.9 Å². The second-order valence-corrected chi connectivity index (χ2v) is 9.36. The fourth-order valence-electron chi connectivity index (χ4n) is 5.40. The minimum absolute atomic E-state index is 0.0227. The predicted molar refractivity (Wildman–Crippen MR) is 117 cm³/mol. The summed E-state index contributed by atoms with van der Waals surface area (Å²) in [6, 6.07) is 14.2. The molecule has 1 aromatic heterocycles. The maximum atomic E-state index is 13.8. The number of rotatable bonds is 3. The molecule has 1 spiro atoms. The first-order valence-corrected chi connectivity index (χ1v) is 11.0. The van der Waals surface area contributed by atoms with Crippen molar-refractivity contribution in [1.82, 2.24) is 10.3 Å². The maximum Gasteiger partial charge on any atom is 0.251 e. The number of hydrogen-bond acceptors (Lipinski definition) is 2. The minimum atomic E-state index is -0.206. The molecule has 2 fully saturated rings. The third-order valence-corrected chi connectivity index (χ3v) is 7.28. The first-order valence-electron chi connectivity index (χ1n) is 10.6. The number of nitrogens with one attached hydrogen (secondary N) is 1. The number of hydrogen-bond donors (Lipinski definition) is 1. The summed E-state index contributed by atoms with van der Waals surface area (Å²) >= 11 is 5.90. The Morgan fingerprint density at radius 3 is 2.53 bits per heavy atom. The zero-order chi connectivity index (χ0) is 20.7. The van der Waals surface area contributed by atoms with Crippen LogP contribution in [0.1, 0.15) is 60.4 Å². The molecule has 30 heavy (non-hydrogen) atoms. The van der Waals surface area contributed by atoms with E-state index in [4.69, 9.17) is 11.6 Å². The Kier molecular flexibility index (Phi) is 4.98. The molecule has 0 aliphatic heterocycles. The van der Waals surface area contributed by atoms with Crippen LogP contribution in [-0.2, 0) is 0 Å². The van der Waals surface area contributed by atoms with E-state index in [0.717, 1.165) is 49.4 Å². The number of fused-ring (bicyclic) bond motifs is 1. The predicted octanol–water partition coefficient (Wildman–Crippen LogP) is 6.26. The van der Waals surface area contributed by atoms with Gasteiger partial charge < -0.3 is 5.32 Å². The molecule has 3 aromatic rings. The maximum absolute atomic E-state index is 13.8. The highest BCUT2D eigenvalue weighted by Gasteiger charge is 2.46. The van der Waals surface area contributed by atoms with Gasteiger partial charge in [-0.2, -0.15) is 0 Å². The van der Waals surface area contributed by atoms with Crippen molar-refractivity contribution < 1.29 is 9.18 Å². The van der Waals surface area contributed by atoms with Gasteiger partial charge in [-0.15, -0.1) is 0 Å². The van der Waals surface area contributed by atoms with E-state index >= 15 is 0 Å². The topological polar surface area (TPSA) is 42.0 Å². The number of carbonyl (C=O) groups is 1. The number of halogens is 2. The highest BCUT2D eigenvalue weighted by Crippen LogP contribution is 2.55. The molecule has 5 rings (SSSR count). The summed E-state index contributed by atoms with van der Waals surface area (Å²) in [6.45, 7) is 0. The number of nitrogens with zero attached hydrogens (tertiary/aromatic N) is 1. The lowest BCUT2D eigenvalue weighted by Crippen LogP contribution is -2.51. The Morgan fingerprint density at radius 1 is 1.07 bits per heavy atom. The summed E-state index contributed by atoms with van der Waals surface area (Å²) < 4.78 is 13.8. The van der Waals surface area contributed by atoms with Gasteiger partial charge in [0.15, 0.2) is 0 Å². The van der Waals surface area contributed by atoms with Crippen molar-refractivity contribution in [1.29, 1.82) is 0 Å². The van der Waals surface area contributed by atoms with Crippen LogP contribution >= 0.6 is 11.6 Å². The van der Waals surface area contributed by atoms with Crippen molar-refractivity contribution in [2.24, 2.45) is 5.41 Å². The van der Waals surface area contributed by atoms with E-state index in [9.17, 15) is 9.18 Å². The lowest BCUT2D eigenvalue weighted by atomic mass is 9.56. The summed E-state index contributed by atoms with van der Waals surface area (Å²) in [5.74, 6) is 0.221. The summed E-state index contributed by atoms with van der Waals surface area (Å²) in [5, 5.41) is 4.74. The Bertz CT molecular complexity index is 1080. The zero-order valence-corrected chi connectivity index (χ0v) is 17.5. The zero-order valence-electron chi connectivity index (χ0n) is 16.7. The Balaban J connectivity index is 1.20. The van der Waals surface area contributed by atoms with Crippen LogP contribution in [0.5, 0.6) is 0 Å². The van der Waals surface area contributed by atoms with E-state index in [2.05, 4.69) is 16.4 Å². The fraction of sp³-hybridized carbons (Fsp3) is 0.360. The van der Waals surface area contributed by atoms with Crippen molar-refractivity contribution in [3.63, 3.8) is 0 Å². The van der Waals surface area contributed by atoms with Gasteiger partial charge in [0.25, 0.3) is 5.91 Å². The molecule has 1 amide bonds. The number of carbonyl (C=O) groups excluding carboxylic acids is 1. The normalized spacial score (nSPS) is 25.8. The Hall–Kier alpha value is -2.46. The van der Waals surface area contributed by atoms with E-state index in [1.807, 2.05) is 6.20 Å². The van der Waals surface area contributed by atoms with Crippen molar-refractivity contribution in [3.05, 3.63) is 76.7 Å². The van der Waals surface area contributed by atoms with Gasteiger partial charge >= 0.3 is 0 Å². The van der Waals surface area contributed by atoms with E-state index in [1.165, 1.54) is 11.6 Å². The standard InChI is InChI=1S/C25H24ClFN2O/c26-18-3-1-17(2-4-18)24(30)29-20-14-25(15-20)10-7-16(8-11-25)21-9-12-28-23-6-5-19(27)13-22(21)23/h1-6,9,12-13,16,20H,7-8,10-11,14-15H2,(H,29,30)/t16-,20-,25?. The number of pyridine rings is 1. The highest BCUT2D eigenvalue weighted by atomic mass is 35.5.